The van der Waals surface area contributed by atoms with Gasteiger partial charge in [0.15, 0.2) is 0 Å². The van der Waals surface area contributed by atoms with E-state index in [1.165, 1.54) is 0 Å². The largest absolute Gasteiger partial charge is 0.497 e. The maximum absolute atomic E-state index is 10.6. The van der Waals surface area contributed by atoms with Crippen molar-refractivity contribution in [2.45, 2.75) is 39.7 Å². The molecule has 0 bridgehead atoms. The number of methoxy groups -OCH3 is 1. The van der Waals surface area contributed by atoms with Crippen molar-refractivity contribution >= 4 is 5.69 Å². The Hall–Kier alpha value is -1.70. The van der Waals surface area contributed by atoms with Crippen LogP contribution in [0.5, 0.6) is 5.75 Å². The number of benzene rings is 1. The summed E-state index contributed by atoms with van der Waals surface area (Å²) in [6, 6.07) is 5.73. The summed E-state index contributed by atoms with van der Waals surface area (Å²) in [4.78, 5) is 2.26. The Kier molecular flexibility index (Phi) is 6.15. The number of piperidine rings is 1. The summed E-state index contributed by atoms with van der Waals surface area (Å²) in [6.45, 7) is 8.07. The highest BCUT2D eigenvalue weighted by molar-refractivity contribution is 5.59. The molecule has 4 heteroatoms. The lowest BCUT2D eigenvalue weighted by molar-refractivity contribution is 0.202. The summed E-state index contributed by atoms with van der Waals surface area (Å²) in [6.07, 6.45) is 1.09. The Labute approximate surface area is 145 Å². The van der Waals surface area contributed by atoms with Crippen molar-refractivity contribution in [3.63, 3.8) is 0 Å². The van der Waals surface area contributed by atoms with Crippen LogP contribution < -0.4 is 9.64 Å². The van der Waals surface area contributed by atoms with Crippen molar-refractivity contribution in [2.75, 3.05) is 31.7 Å². The fourth-order valence-electron chi connectivity index (χ4n) is 2.87. The van der Waals surface area contributed by atoms with E-state index in [0.717, 1.165) is 42.9 Å². The van der Waals surface area contributed by atoms with E-state index >= 15 is 0 Å². The zero-order chi connectivity index (χ0) is 17.7. The lowest BCUT2D eigenvalue weighted by Gasteiger charge is -2.34. The molecular formula is C20H29NO3. The zero-order valence-corrected chi connectivity index (χ0v) is 15.2. The number of rotatable bonds is 4. The summed E-state index contributed by atoms with van der Waals surface area (Å²) in [7, 11) is 1.65. The molecule has 2 N–H and O–H groups in total. The standard InChI is InChI=1S/C20H29NO3/c1-20(2,3)10-7-19(23)17-6-5-16(24-4)13-18(17)21-11-8-15(14-22)9-12-21/h5-6,13,15,19,22-23H,8-9,11-12,14H2,1-4H3. The van der Waals surface area contributed by atoms with E-state index in [4.69, 9.17) is 4.74 Å². The van der Waals surface area contributed by atoms with Crippen LogP contribution in [0.4, 0.5) is 5.69 Å². The minimum atomic E-state index is -0.819. The third-order valence-corrected chi connectivity index (χ3v) is 4.33. The molecule has 1 fully saturated rings. The highest BCUT2D eigenvalue weighted by Crippen LogP contribution is 2.33. The fraction of sp³-hybridized carbons (Fsp3) is 0.600. The van der Waals surface area contributed by atoms with Crippen molar-refractivity contribution in [1.29, 1.82) is 0 Å². The van der Waals surface area contributed by atoms with Gasteiger partial charge in [-0.25, -0.2) is 0 Å². The van der Waals surface area contributed by atoms with Gasteiger partial charge in [0.05, 0.1) is 7.11 Å². The topological polar surface area (TPSA) is 52.9 Å². The van der Waals surface area contributed by atoms with Crippen LogP contribution in [-0.2, 0) is 0 Å². The summed E-state index contributed by atoms with van der Waals surface area (Å²) < 4.78 is 5.35. The van der Waals surface area contributed by atoms with Gasteiger partial charge in [0.2, 0.25) is 0 Å². The molecule has 2 rings (SSSR count). The molecule has 132 valence electrons. The number of nitrogens with zero attached hydrogens (tertiary/aromatic N) is 1. The minimum absolute atomic E-state index is 0.146. The first-order chi connectivity index (χ1) is 11.3. The Morgan fingerprint density at radius 2 is 1.96 bits per heavy atom. The second-order valence-electron chi connectivity index (χ2n) is 7.46. The SMILES string of the molecule is COc1ccc(C(O)C#CC(C)(C)C)c(N2CCC(CO)CC2)c1. The monoisotopic (exact) mass is 331 g/mol. The maximum atomic E-state index is 10.6. The lowest BCUT2D eigenvalue weighted by Crippen LogP contribution is -2.35. The number of aliphatic hydroxyl groups is 2. The van der Waals surface area contributed by atoms with Gasteiger partial charge in [-0.15, -0.1) is 0 Å². The summed E-state index contributed by atoms with van der Waals surface area (Å²) in [5.41, 5.74) is 1.64. The molecule has 0 aliphatic carbocycles. The molecule has 0 radical (unpaired) electrons. The van der Waals surface area contributed by atoms with E-state index in [9.17, 15) is 10.2 Å². The fourth-order valence-corrected chi connectivity index (χ4v) is 2.87. The number of anilines is 1. The highest BCUT2D eigenvalue weighted by atomic mass is 16.5. The molecule has 24 heavy (non-hydrogen) atoms. The molecule has 0 amide bonds. The van der Waals surface area contributed by atoms with Crippen LogP contribution in [0.15, 0.2) is 18.2 Å². The molecule has 0 saturated carbocycles. The van der Waals surface area contributed by atoms with Crippen LogP contribution in [0, 0.1) is 23.2 Å². The van der Waals surface area contributed by atoms with E-state index in [1.807, 2.05) is 39.0 Å². The Morgan fingerprint density at radius 1 is 1.29 bits per heavy atom. The molecule has 1 aromatic rings. The van der Waals surface area contributed by atoms with Crippen molar-refractivity contribution < 1.29 is 14.9 Å². The Morgan fingerprint density at radius 3 is 2.50 bits per heavy atom. The average molecular weight is 331 g/mol. The van der Waals surface area contributed by atoms with E-state index < -0.39 is 6.10 Å². The third-order valence-electron chi connectivity index (χ3n) is 4.33. The molecule has 1 unspecified atom stereocenters. The predicted octanol–water partition coefficient (Wildman–Crippen LogP) is 2.99. The summed E-state index contributed by atoms with van der Waals surface area (Å²) in [5, 5.41) is 19.9. The van der Waals surface area contributed by atoms with Crippen molar-refractivity contribution in [3.8, 4) is 17.6 Å². The molecule has 1 aromatic carbocycles. The van der Waals surface area contributed by atoms with Crippen LogP contribution in [0.2, 0.25) is 0 Å². The molecule has 0 spiro atoms. The maximum Gasteiger partial charge on any atom is 0.142 e. The van der Waals surface area contributed by atoms with E-state index in [1.54, 1.807) is 7.11 Å². The quantitative estimate of drug-likeness (QED) is 0.833. The molecule has 1 saturated heterocycles. The van der Waals surface area contributed by atoms with Gasteiger partial charge in [-0.3, -0.25) is 0 Å². The first kappa shape index (κ1) is 18.6. The van der Waals surface area contributed by atoms with Gasteiger partial charge >= 0.3 is 0 Å². The smallest absolute Gasteiger partial charge is 0.142 e. The zero-order valence-electron chi connectivity index (χ0n) is 15.2. The van der Waals surface area contributed by atoms with E-state index in [-0.39, 0.29) is 12.0 Å². The van der Waals surface area contributed by atoms with Gasteiger partial charge in [-0.2, -0.15) is 0 Å². The summed E-state index contributed by atoms with van der Waals surface area (Å²) >= 11 is 0. The Balaban J connectivity index is 2.29. The van der Waals surface area contributed by atoms with Gasteiger partial charge in [0.25, 0.3) is 0 Å². The van der Waals surface area contributed by atoms with Gasteiger partial charge in [0, 0.05) is 42.4 Å². The van der Waals surface area contributed by atoms with Crippen LogP contribution in [0.1, 0.15) is 45.3 Å². The number of aliphatic hydroxyl groups excluding tert-OH is 2. The number of hydrogen-bond acceptors (Lipinski definition) is 4. The van der Waals surface area contributed by atoms with Crippen LogP contribution in [0.25, 0.3) is 0 Å². The first-order valence-corrected chi connectivity index (χ1v) is 8.58. The third kappa shape index (κ3) is 4.90. The highest BCUT2D eigenvalue weighted by Gasteiger charge is 2.23. The van der Waals surface area contributed by atoms with Crippen molar-refractivity contribution in [3.05, 3.63) is 23.8 Å². The van der Waals surface area contributed by atoms with Crippen LogP contribution in [-0.4, -0.2) is 37.0 Å². The molecule has 1 heterocycles. The van der Waals surface area contributed by atoms with Gasteiger partial charge in [0.1, 0.15) is 11.9 Å². The second-order valence-corrected chi connectivity index (χ2v) is 7.46. The molecular weight excluding hydrogens is 302 g/mol. The number of hydrogen-bond donors (Lipinski definition) is 2. The molecule has 1 atom stereocenters. The van der Waals surface area contributed by atoms with Crippen molar-refractivity contribution in [2.24, 2.45) is 11.3 Å². The predicted molar refractivity (Wildman–Crippen MR) is 97.2 cm³/mol. The second kappa shape index (κ2) is 7.92. The van der Waals surface area contributed by atoms with E-state index in [0.29, 0.717) is 5.92 Å². The van der Waals surface area contributed by atoms with Gasteiger partial charge in [-0.1, -0.05) is 11.8 Å². The molecule has 1 aliphatic rings. The van der Waals surface area contributed by atoms with E-state index in [2.05, 4.69) is 16.7 Å². The molecule has 4 nitrogen and oxygen atoms in total. The average Bonchev–Trinajstić information content (AvgIpc) is 2.58. The van der Waals surface area contributed by atoms with Crippen LogP contribution >= 0.6 is 0 Å². The molecule has 0 aromatic heterocycles. The van der Waals surface area contributed by atoms with Crippen molar-refractivity contribution in [1.82, 2.24) is 0 Å². The van der Waals surface area contributed by atoms with Gasteiger partial charge < -0.3 is 19.8 Å². The number of ether oxygens (including phenoxy) is 1. The first-order valence-electron chi connectivity index (χ1n) is 8.58. The normalized spacial score (nSPS) is 17.2. The van der Waals surface area contributed by atoms with Gasteiger partial charge in [-0.05, 0) is 51.7 Å². The Bertz CT molecular complexity index is 602. The lowest BCUT2D eigenvalue weighted by atomic mass is 9.95. The molecule has 1 aliphatic heterocycles. The minimum Gasteiger partial charge on any atom is -0.497 e. The van der Waals surface area contributed by atoms with Crippen LogP contribution in [0.3, 0.4) is 0 Å². The summed E-state index contributed by atoms with van der Waals surface area (Å²) in [5.74, 6) is 7.23.